The summed E-state index contributed by atoms with van der Waals surface area (Å²) in [6.45, 7) is 1.52. The SMILES string of the molecule is CC(=O)N[C@@H](c1ccc(Cl)cc1)c1ccsc1. The van der Waals surface area contributed by atoms with Crippen LogP contribution >= 0.6 is 22.9 Å². The van der Waals surface area contributed by atoms with Gasteiger partial charge in [-0.05, 0) is 40.1 Å². The average molecular weight is 266 g/mol. The number of hydrogen-bond donors (Lipinski definition) is 1. The summed E-state index contributed by atoms with van der Waals surface area (Å²) < 4.78 is 0. The van der Waals surface area contributed by atoms with Crippen molar-refractivity contribution in [3.63, 3.8) is 0 Å². The minimum absolute atomic E-state index is 0.0452. The second-order valence-electron chi connectivity index (χ2n) is 3.74. The molecule has 1 amide bonds. The first-order valence-corrected chi connectivity index (χ1v) is 6.53. The molecule has 0 fully saturated rings. The van der Waals surface area contributed by atoms with E-state index in [1.54, 1.807) is 11.3 Å². The Balaban J connectivity index is 2.33. The highest BCUT2D eigenvalue weighted by molar-refractivity contribution is 7.08. The number of carbonyl (C=O) groups is 1. The van der Waals surface area contributed by atoms with Crippen LogP contribution in [0, 0.1) is 0 Å². The number of carbonyl (C=O) groups excluding carboxylic acids is 1. The Morgan fingerprint density at radius 3 is 2.47 bits per heavy atom. The minimum Gasteiger partial charge on any atom is -0.345 e. The van der Waals surface area contributed by atoms with Crippen molar-refractivity contribution in [3.05, 3.63) is 57.2 Å². The maximum atomic E-state index is 11.3. The lowest BCUT2D eigenvalue weighted by atomic mass is 10.0. The molecule has 0 aliphatic rings. The quantitative estimate of drug-likeness (QED) is 0.902. The summed E-state index contributed by atoms with van der Waals surface area (Å²) in [6.07, 6.45) is 0. The van der Waals surface area contributed by atoms with Crippen molar-refractivity contribution < 1.29 is 4.79 Å². The summed E-state index contributed by atoms with van der Waals surface area (Å²) in [5, 5.41) is 7.67. The fraction of sp³-hybridized carbons (Fsp3) is 0.154. The van der Waals surface area contributed by atoms with Gasteiger partial charge in [0.2, 0.25) is 5.91 Å². The molecule has 1 aromatic heterocycles. The van der Waals surface area contributed by atoms with Crippen molar-refractivity contribution in [2.75, 3.05) is 0 Å². The van der Waals surface area contributed by atoms with Gasteiger partial charge in [0.25, 0.3) is 0 Å². The predicted molar refractivity (Wildman–Crippen MR) is 71.4 cm³/mol. The van der Waals surface area contributed by atoms with Crippen molar-refractivity contribution in [1.29, 1.82) is 0 Å². The van der Waals surface area contributed by atoms with Gasteiger partial charge >= 0.3 is 0 Å². The largest absolute Gasteiger partial charge is 0.345 e. The topological polar surface area (TPSA) is 29.1 Å². The van der Waals surface area contributed by atoms with E-state index in [9.17, 15) is 4.79 Å². The molecule has 1 aromatic carbocycles. The van der Waals surface area contributed by atoms with Crippen LogP contribution in [0.1, 0.15) is 24.1 Å². The molecule has 17 heavy (non-hydrogen) atoms. The molecule has 0 saturated heterocycles. The maximum Gasteiger partial charge on any atom is 0.217 e. The molecule has 2 nitrogen and oxygen atoms in total. The molecule has 0 unspecified atom stereocenters. The predicted octanol–water partition coefficient (Wildman–Crippen LogP) is 3.63. The van der Waals surface area contributed by atoms with Gasteiger partial charge in [0.15, 0.2) is 0 Å². The summed E-state index contributed by atoms with van der Waals surface area (Å²) in [4.78, 5) is 11.3. The van der Waals surface area contributed by atoms with E-state index in [1.165, 1.54) is 6.92 Å². The Hall–Kier alpha value is -1.32. The van der Waals surface area contributed by atoms with E-state index in [2.05, 4.69) is 5.32 Å². The van der Waals surface area contributed by atoms with Crippen molar-refractivity contribution in [2.24, 2.45) is 0 Å². The van der Waals surface area contributed by atoms with Gasteiger partial charge in [-0.2, -0.15) is 11.3 Å². The van der Waals surface area contributed by atoms with E-state index in [0.717, 1.165) is 11.1 Å². The van der Waals surface area contributed by atoms with Crippen molar-refractivity contribution in [3.8, 4) is 0 Å². The second kappa shape index (κ2) is 5.34. The number of amides is 1. The molecule has 88 valence electrons. The van der Waals surface area contributed by atoms with Gasteiger partial charge < -0.3 is 5.32 Å². The van der Waals surface area contributed by atoms with Crippen LogP contribution in [0.25, 0.3) is 0 Å². The van der Waals surface area contributed by atoms with E-state index in [1.807, 2.05) is 41.1 Å². The van der Waals surface area contributed by atoms with Crippen LogP contribution in [0.15, 0.2) is 41.1 Å². The van der Waals surface area contributed by atoms with Crippen LogP contribution < -0.4 is 5.32 Å². The zero-order valence-electron chi connectivity index (χ0n) is 9.31. The van der Waals surface area contributed by atoms with Gasteiger partial charge in [0.05, 0.1) is 6.04 Å². The minimum atomic E-state index is -0.101. The summed E-state index contributed by atoms with van der Waals surface area (Å²) >= 11 is 7.48. The molecule has 0 radical (unpaired) electrons. The normalized spacial score (nSPS) is 12.1. The Kier molecular flexibility index (Phi) is 3.82. The van der Waals surface area contributed by atoms with Crippen LogP contribution in [0.5, 0.6) is 0 Å². The fourth-order valence-electron chi connectivity index (χ4n) is 1.66. The van der Waals surface area contributed by atoms with Gasteiger partial charge in [0.1, 0.15) is 0 Å². The molecule has 2 rings (SSSR count). The van der Waals surface area contributed by atoms with E-state index >= 15 is 0 Å². The maximum absolute atomic E-state index is 11.3. The van der Waals surface area contributed by atoms with E-state index < -0.39 is 0 Å². The lowest BCUT2D eigenvalue weighted by Gasteiger charge is -2.17. The van der Waals surface area contributed by atoms with Crippen molar-refractivity contribution >= 4 is 28.8 Å². The van der Waals surface area contributed by atoms with Crippen molar-refractivity contribution in [2.45, 2.75) is 13.0 Å². The third kappa shape index (κ3) is 3.08. The van der Waals surface area contributed by atoms with E-state index in [-0.39, 0.29) is 11.9 Å². The molecular weight excluding hydrogens is 254 g/mol. The second-order valence-corrected chi connectivity index (χ2v) is 4.96. The number of rotatable bonds is 3. The Labute approximate surface area is 109 Å². The zero-order chi connectivity index (χ0) is 12.3. The van der Waals surface area contributed by atoms with Gasteiger partial charge in [-0.15, -0.1) is 0 Å². The Morgan fingerprint density at radius 2 is 1.94 bits per heavy atom. The van der Waals surface area contributed by atoms with Crippen LogP contribution in [0.4, 0.5) is 0 Å². The Bertz CT molecular complexity index is 493. The third-order valence-corrected chi connectivity index (χ3v) is 3.38. The monoisotopic (exact) mass is 265 g/mol. The molecule has 4 heteroatoms. The van der Waals surface area contributed by atoms with Crippen LogP contribution in [-0.2, 0) is 4.79 Å². The van der Waals surface area contributed by atoms with E-state index in [0.29, 0.717) is 5.02 Å². The summed E-state index contributed by atoms with van der Waals surface area (Å²) in [6, 6.07) is 9.44. The standard InChI is InChI=1S/C13H12ClNOS/c1-9(16)15-13(11-6-7-17-8-11)10-2-4-12(14)5-3-10/h2-8,13H,1H3,(H,15,16)/t13-/m0/s1. The number of thiophene rings is 1. The zero-order valence-corrected chi connectivity index (χ0v) is 10.9. The first kappa shape index (κ1) is 12.1. The molecule has 2 aromatic rings. The fourth-order valence-corrected chi connectivity index (χ4v) is 2.47. The van der Waals surface area contributed by atoms with Crippen LogP contribution in [-0.4, -0.2) is 5.91 Å². The number of hydrogen-bond acceptors (Lipinski definition) is 2. The molecular formula is C13H12ClNOS. The molecule has 0 aliphatic carbocycles. The molecule has 0 bridgehead atoms. The van der Waals surface area contributed by atoms with Gasteiger partial charge in [-0.25, -0.2) is 0 Å². The summed E-state index contributed by atoms with van der Waals surface area (Å²) in [5.74, 6) is -0.0452. The smallest absolute Gasteiger partial charge is 0.217 e. The summed E-state index contributed by atoms with van der Waals surface area (Å²) in [7, 11) is 0. The first-order chi connectivity index (χ1) is 8.16. The third-order valence-electron chi connectivity index (χ3n) is 2.43. The number of benzene rings is 1. The Morgan fingerprint density at radius 1 is 1.24 bits per heavy atom. The van der Waals surface area contributed by atoms with Crippen LogP contribution in [0.2, 0.25) is 5.02 Å². The highest BCUT2D eigenvalue weighted by Gasteiger charge is 2.15. The first-order valence-electron chi connectivity index (χ1n) is 5.21. The molecule has 1 atom stereocenters. The summed E-state index contributed by atoms with van der Waals surface area (Å²) in [5.41, 5.74) is 2.12. The molecule has 0 aliphatic heterocycles. The average Bonchev–Trinajstić information content (AvgIpc) is 2.80. The van der Waals surface area contributed by atoms with Gasteiger partial charge in [0, 0.05) is 11.9 Å². The molecule has 0 spiro atoms. The molecule has 1 N–H and O–H groups in total. The van der Waals surface area contributed by atoms with Gasteiger partial charge in [-0.1, -0.05) is 23.7 Å². The molecule has 0 saturated carbocycles. The van der Waals surface area contributed by atoms with Gasteiger partial charge in [-0.3, -0.25) is 4.79 Å². The van der Waals surface area contributed by atoms with E-state index in [4.69, 9.17) is 11.6 Å². The molecule has 1 heterocycles. The van der Waals surface area contributed by atoms with Crippen LogP contribution in [0.3, 0.4) is 0 Å². The number of nitrogens with one attached hydrogen (secondary N) is 1. The lowest BCUT2D eigenvalue weighted by Crippen LogP contribution is -2.26. The van der Waals surface area contributed by atoms with Crippen molar-refractivity contribution in [1.82, 2.24) is 5.32 Å². The highest BCUT2D eigenvalue weighted by atomic mass is 35.5. The lowest BCUT2D eigenvalue weighted by molar-refractivity contribution is -0.119. The highest BCUT2D eigenvalue weighted by Crippen LogP contribution is 2.25. The number of halogens is 1.